The summed E-state index contributed by atoms with van der Waals surface area (Å²) in [5.41, 5.74) is 0.324. The van der Waals surface area contributed by atoms with Gasteiger partial charge in [-0.1, -0.05) is 36.4 Å². The van der Waals surface area contributed by atoms with Crippen LogP contribution in [0.3, 0.4) is 0 Å². The lowest BCUT2D eigenvalue weighted by molar-refractivity contribution is -0.155. The lowest BCUT2D eigenvalue weighted by Gasteiger charge is -2.17. The topological polar surface area (TPSA) is 91.7 Å². The molecule has 1 unspecified atom stereocenters. The molecule has 0 aliphatic heterocycles. The quantitative estimate of drug-likeness (QED) is 0.0690. The highest BCUT2D eigenvalue weighted by Gasteiger charge is 2.42. The van der Waals surface area contributed by atoms with Crippen LogP contribution in [0.5, 0.6) is 0 Å². The minimum atomic E-state index is -4.59. The molecule has 0 N–H and O–H groups in total. The first-order valence-corrected chi connectivity index (χ1v) is 15.4. The van der Waals surface area contributed by atoms with Crippen molar-refractivity contribution in [1.29, 1.82) is 0 Å². The molecular formula is C37H28F7NO6. The van der Waals surface area contributed by atoms with Gasteiger partial charge in [-0.3, -0.25) is 9.59 Å². The molecule has 14 heteroatoms. The lowest BCUT2D eigenvalue weighted by atomic mass is 9.95. The SMILES string of the molecule is CCn1c2ccc(C(=O)c3ccccc3C(=O)OCC(F)(F)C(C)F)cc2c2cc(C(=O)c3ccccc3C(=O)OCC(F)(F)C(F)F)ccc21. The number of fused-ring (bicyclic) bond motifs is 3. The second kappa shape index (κ2) is 14.4. The molecule has 0 radical (unpaired) electrons. The van der Waals surface area contributed by atoms with E-state index in [9.17, 15) is 49.9 Å². The number of nitrogens with zero attached hydrogens (tertiary/aromatic N) is 1. The predicted octanol–water partition coefficient (Wildman–Crippen LogP) is 8.48. The average Bonchev–Trinajstić information content (AvgIpc) is 3.44. The van der Waals surface area contributed by atoms with Crippen LogP contribution in [-0.2, 0) is 16.0 Å². The molecule has 0 saturated carbocycles. The number of rotatable bonds is 13. The number of ketones is 2. The summed E-state index contributed by atoms with van der Waals surface area (Å²) in [6.07, 6.45) is -6.65. The number of hydrogen-bond acceptors (Lipinski definition) is 6. The molecule has 266 valence electrons. The third kappa shape index (κ3) is 7.35. The van der Waals surface area contributed by atoms with Crippen LogP contribution in [0.2, 0.25) is 0 Å². The molecule has 4 aromatic carbocycles. The largest absolute Gasteiger partial charge is 0.456 e. The van der Waals surface area contributed by atoms with Crippen molar-refractivity contribution in [2.24, 2.45) is 0 Å². The number of carbonyl (C=O) groups excluding carboxylic acids is 4. The van der Waals surface area contributed by atoms with E-state index in [0.717, 1.165) is 6.07 Å². The molecular weight excluding hydrogens is 687 g/mol. The van der Waals surface area contributed by atoms with Gasteiger partial charge in [-0.2, -0.15) is 17.6 Å². The Morgan fingerprint density at radius 1 is 0.627 bits per heavy atom. The van der Waals surface area contributed by atoms with Crippen LogP contribution in [0.15, 0.2) is 84.9 Å². The fraction of sp³-hybridized carbons (Fsp3) is 0.243. The summed E-state index contributed by atoms with van der Waals surface area (Å²) in [6, 6.07) is 19.8. The van der Waals surface area contributed by atoms with Crippen molar-refractivity contribution in [3.63, 3.8) is 0 Å². The summed E-state index contributed by atoms with van der Waals surface area (Å²) < 4.78 is 104. The average molecular weight is 716 g/mol. The van der Waals surface area contributed by atoms with Crippen LogP contribution in [0.1, 0.15) is 66.4 Å². The van der Waals surface area contributed by atoms with E-state index < -0.39 is 66.7 Å². The summed E-state index contributed by atoms with van der Waals surface area (Å²) in [5.74, 6) is -12.6. The van der Waals surface area contributed by atoms with E-state index in [1.807, 2.05) is 11.5 Å². The number of benzene rings is 4. The number of aryl methyl sites for hydroxylation is 1. The van der Waals surface area contributed by atoms with Gasteiger partial charge in [0.15, 0.2) is 31.0 Å². The number of halogens is 7. The third-order valence-electron chi connectivity index (χ3n) is 8.18. The van der Waals surface area contributed by atoms with Crippen molar-refractivity contribution in [3.05, 3.63) is 118 Å². The van der Waals surface area contributed by atoms with Gasteiger partial charge in [0.1, 0.15) is 0 Å². The molecule has 5 rings (SSSR count). The molecule has 7 nitrogen and oxygen atoms in total. The van der Waals surface area contributed by atoms with Crippen molar-refractivity contribution >= 4 is 45.3 Å². The summed E-state index contributed by atoms with van der Waals surface area (Å²) in [4.78, 5) is 52.8. The first-order valence-electron chi connectivity index (χ1n) is 15.4. The lowest BCUT2D eigenvalue weighted by Crippen LogP contribution is -2.34. The number of alkyl halides is 7. The van der Waals surface area contributed by atoms with Gasteiger partial charge in [-0.25, -0.2) is 22.8 Å². The highest BCUT2D eigenvalue weighted by Crippen LogP contribution is 2.33. The fourth-order valence-corrected chi connectivity index (χ4v) is 5.41. The van der Waals surface area contributed by atoms with Gasteiger partial charge in [0, 0.05) is 50.6 Å². The molecule has 0 aliphatic rings. The standard InChI is InChI=1S/C37H28F7NO6/c1-3-45-29-14-12-21(31(46)23-8-4-6-10-25(23)33(48)50-18-36(41,42)20(2)38)16-27(29)28-17-22(13-15-30(28)45)32(47)24-9-5-7-11-26(24)34(49)51-19-37(43,44)35(39)40/h4-17,20,35H,3,18-19H2,1-2H3. The maximum absolute atomic E-state index is 13.8. The summed E-state index contributed by atoms with van der Waals surface area (Å²) in [5, 5.41) is 1.00. The Morgan fingerprint density at radius 2 is 1.02 bits per heavy atom. The zero-order valence-corrected chi connectivity index (χ0v) is 26.9. The Kier molecular flexibility index (Phi) is 10.4. The first kappa shape index (κ1) is 36.7. The van der Waals surface area contributed by atoms with Crippen LogP contribution in [0, 0.1) is 0 Å². The minimum Gasteiger partial charge on any atom is -0.456 e. The van der Waals surface area contributed by atoms with Crippen LogP contribution in [0.25, 0.3) is 21.8 Å². The van der Waals surface area contributed by atoms with Crippen LogP contribution in [-0.4, -0.2) is 65.7 Å². The monoisotopic (exact) mass is 715 g/mol. The predicted molar refractivity (Wildman–Crippen MR) is 172 cm³/mol. The Balaban J connectivity index is 1.51. The van der Waals surface area contributed by atoms with Gasteiger partial charge in [0.25, 0.3) is 0 Å². The number of hydrogen-bond donors (Lipinski definition) is 0. The molecule has 1 aromatic heterocycles. The molecule has 0 fully saturated rings. The van der Waals surface area contributed by atoms with Crippen LogP contribution in [0.4, 0.5) is 30.7 Å². The number of esters is 2. The normalized spacial score (nSPS) is 12.7. The van der Waals surface area contributed by atoms with Gasteiger partial charge < -0.3 is 14.0 Å². The van der Waals surface area contributed by atoms with Crippen molar-refractivity contribution in [2.45, 2.75) is 44.8 Å². The van der Waals surface area contributed by atoms with Gasteiger partial charge in [0.2, 0.25) is 0 Å². The third-order valence-corrected chi connectivity index (χ3v) is 8.18. The minimum absolute atomic E-state index is 0.0556. The maximum Gasteiger partial charge on any atom is 0.340 e. The molecule has 0 amide bonds. The molecule has 51 heavy (non-hydrogen) atoms. The Hall–Kier alpha value is -5.53. The molecule has 0 saturated heterocycles. The second-order valence-electron chi connectivity index (χ2n) is 11.5. The Morgan fingerprint density at radius 3 is 1.39 bits per heavy atom. The number of ether oxygens (including phenoxy) is 2. The summed E-state index contributed by atoms with van der Waals surface area (Å²) >= 11 is 0. The molecule has 1 heterocycles. The van der Waals surface area contributed by atoms with E-state index in [-0.39, 0.29) is 27.8 Å². The van der Waals surface area contributed by atoms with Crippen LogP contribution >= 0.6 is 0 Å². The zero-order chi connectivity index (χ0) is 37.2. The van der Waals surface area contributed by atoms with Crippen molar-refractivity contribution < 1.29 is 59.4 Å². The van der Waals surface area contributed by atoms with Crippen molar-refractivity contribution in [1.82, 2.24) is 4.57 Å². The van der Waals surface area contributed by atoms with E-state index in [1.165, 1.54) is 66.7 Å². The zero-order valence-electron chi connectivity index (χ0n) is 26.9. The van der Waals surface area contributed by atoms with Gasteiger partial charge in [-0.15, -0.1) is 0 Å². The number of carbonyl (C=O) groups is 4. The Labute approximate surface area is 285 Å². The van der Waals surface area contributed by atoms with Gasteiger partial charge in [-0.05, 0) is 62.4 Å². The van der Waals surface area contributed by atoms with Gasteiger partial charge in [0.05, 0.1) is 11.1 Å². The van der Waals surface area contributed by atoms with Crippen molar-refractivity contribution in [3.8, 4) is 0 Å². The molecule has 0 bridgehead atoms. The van der Waals surface area contributed by atoms with E-state index >= 15 is 0 Å². The summed E-state index contributed by atoms with van der Waals surface area (Å²) in [7, 11) is 0. The van der Waals surface area contributed by atoms with E-state index in [1.54, 1.807) is 12.1 Å². The molecule has 5 aromatic rings. The molecule has 0 aliphatic carbocycles. The van der Waals surface area contributed by atoms with E-state index in [4.69, 9.17) is 0 Å². The number of aromatic nitrogens is 1. The van der Waals surface area contributed by atoms with Crippen molar-refractivity contribution in [2.75, 3.05) is 13.2 Å². The highest BCUT2D eigenvalue weighted by molar-refractivity contribution is 6.20. The van der Waals surface area contributed by atoms with E-state index in [0.29, 0.717) is 35.3 Å². The molecule has 0 spiro atoms. The smallest absolute Gasteiger partial charge is 0.340 e. The van der Waals surface area contributed by atoms with Gasteiger partial charge >= 0.3 is 30.2 Å². The van der Waals surface area contributed by atoms with E-state index in [2.05, 4.69) is 9.47 Å². The highest BCUT2D eigenvalue weighted by atomic mass is 19.3. The fourth-order valence-electron chi connectivity index (χ4n) is 5.41. The van der Waals surface area contributed by atoms with Crippen LogP contribution < -0.4 is 0 Å². The Bertz CT molecular complexity index is 2010. The first-order chi connectivity index (χ1) is 24.1. The molecule has 1 atom stereocenters. The second-order valence-corrected chi connectivity index (χ2v) is 11.5. The summed E-state index contributed by atoms with van der Waals surface area (Å²) in [6.45, 7) is -0.467. The maximum atomic E-state index is 13.8.